The van der Waals surface area contributed by atoms with Crippen molar-refractivity contribution in [3.05, 3.63) is 53.6 Å². The molecule has 30 heavy (non-hydrogen) atoms. The summed E-state index contributed by atoms with van der Waals surface area (Å²) >= 11 is 0. The molecule has 0 aliphatic carbocycles. The molecule has 0 amide bonds. The maximum atomic E-state index is 13.7. The Balaban J connectivity index is 2.14. The molecule has 2 rings (SSSR count). The standard InChI is InChI=1S/C21H30F3N5O/c1-5-16-7-9-17(10-8-16)15-29(4)19(25-6-2)27-12-11-20(30,21(22,23)24)18-26-13-14-28(18)3/h7-10,13-14,30H,5-6,11-12,15H2,1-4H3,(H,25,27). The number of aromatic nitrogens is 2. The van der Waals surface area contributed by atoms with Gasteiger partial charge in [-0.25, -0.2) is 4.98 Å². The van der Waals surface area contributed by atoms with E-state index >= 15 is 0 Å². The summed E-state index contributed by atoms with van der Waals surface area (Å²) < 4.78 is 42.1. The van der Waals surface area contributed by atoms with Crippen molar-refractivity contribution in [2.24, 2.45) is 12.0 Å². The Morgan fingerprint density at radius 2 is 1.83 bits per heavy atom. The number of rotatable bonds is 8. The first-order chi connectivity index (χ1) is 14.1. The maximum absolute atomic E-state index is 13.7. The molecule has 1 heterocycles. The normalized spacial score (nSPS) is 14.5. The van der Waals surface area contributed by atoms with Crippen molar-refractivity contribution >= 4 is 5.96 Å². The van der Waals surface area contributed by atoms with Crippen molar-refractivity contribution in [1.29, 1.82) is 0 Å². The summed E-state index contributed by atoms with van der Waals surface area (Å²) in [7, 11) is 3.24. The molecular weight excluding hydrogens is 395 g/mol. The molecule has 0 fully saturated rings. The van der Waals surface area contributed by atoms with Gasteiger partial charge in [-0.15, -0.1) is 0 Å². The Bertz CT molecular complexity index is 832. The summed E-state index contributed by atoms with van der Waals surface area (Å²) in [6, 6.07) is 8.18. The molecule has 0 bridgehead atoms. The topological polar surface area (TPSA) is 65.7 Å². The summed E-state index contributed by atoms with van der Waals surface area (Å²) in [4.78, 5) is 9.87. The van der Waals surface area contributed by atoms with E-state index in [2.05, 4.69) is 34.3 Å². The summed E-state index contributed by atoms with van der Waals surface area (Å²) in [5.74, 6) is 0.0287. The summed E-state index contributed by atoms with van der Waals surface area (Å²) in [5.41, 5.74) is -0.761. The summed E-state index contributed by atoms with van der Waals surface area (Å²) in [6.07, 6.45) is -1.94. The predicted molar refractivity (Wildman–Crippen MR) is 111 cm³/mol. The van der Waals surface area contributed by atoms with Crippen LogP contribution in [0.25, 0.3) is 0 Å². The van der Waals surface area contributed by atoms with E-state index in [0.717, 1.165) is 12.0 Å². The van der Waals surface area contributed by atoms with Crippen LogP contribution in [0.3, 0.4) is 0 Å². The highest BCUT2D eigenvalue weighted by molar-refractivity contribution is 5.79. The molecule has 1 atom stereocenters. The van der Waals surface area contributed by atoms with Gasteiger partial charge >= 0.3 is 6.18 Å². The van der Waals surface area contributed by atoms with Crippen LogP contribution in [0, 0.1) is 0 Å². The van der Waals surface area contributed by atoms with E-state index in [1.807, 2.05) is 31.0 Å². The first-order valence-electron chi connectivity index (χ1n) is 9.96. The van der Waals surface area contributed by atoms with Gasteiger partial charge in [-0.2, -0.15) is 13.2 Å². The second-order valence-electron chi connectivity index (χ2n) is 7.23. The lowest BCUT2D eigenvalue weighted by Gasteiger charge is -2.29. The first-order valence-corrected chi connectivity index (χ1v) is 9.96. The van der Waals surface area contributed by atoms with Crippen LogP contribution in [0.1, 0.15) is 37.2 Å². The molecule has 0 saturated heterocycles. The van der Waals surface area contributed by atoms with Gasteiger partial charge < -0.3 is 19.9 Å². The van der Waals surface area contributed by atoms with Gasteiger partial charge in [0.05, 0.1) is 0 Å². The van der Waals surface area contributed by atoms with Crippen molar-refractivity contribution in [1.82, 2.24) is 19.8 Å². The average molecular weight is 425 g/mol. The second-order valence-corrected chi connectivity index (χ2v) is 7.23. The minimum absolute atomic E-state index is 0.218. The molecule has 2 aromatic rings. The second kappa shape index (κ2) is 9.97. The minimum Gasteiger partial charge on any atom is -0.374 e. The molecule has 0 aliphatic heterocycles. The van der Waals surface area contributed by atoms with Crippen LogP contribution in [0.4, 0.5) is 13.2 Å². The Kier molecular flexibility index (Phi) is 7.89. The number of halogens is 3. The highest BCUT2D eigenvalue weighted by atomic mass is 19.4. The van der Waals surface area contributed by atoms with Crippen molar-refractivity contribution < 1.29 is 18.3 Å². The largest absolute Gasteiger partial charge is 0.424 e. The van der Waals surface area contributed by atoms with Gasteiger partial charge in [0, 0.05) is 52.5 Å². The van der Waals surface area contributed by atoms with Crippen LogP contribution in [-0.4, -0.2) is 51.8 Å². The van der Waals surface area contributed by atoms with E-state index in [1.165, 1.54) is 29.6 Å². The van der Waals surface area contributed by atoms with Crippen molar-refractivity contribution in [2.75, 3.05) is 20.1 Å². The van der Waals surface area contributed by atoms with Crippen LogP contribution in [0.2, 0.25) is 0 Å². The molecule has 0 radical (unpaired) electrons. The number of hydrogen-bond donors (Lipinski definition) is 2. The molecule has 0 saturated carbocycles. The molecule has 2 N–H and O–H groups in total. The molecule has 1 aromatic carbocycles. The molecule has 166 valence electrons. The van der Waals surface area contributed by atoms with E-state index in [-0.39, 0.29) is 6.54 Å². The third kappa shape index (κ3) is 5.53. The van der Waals surface area contributed by atoms with Crippen LogP contribution >= 0.6 is 0 Å². The number of imidazole rings is 1. The van der Waals surface area contributed by atoms with E-state index in [4.69, 9.17) is 0 Å². The highest BCUT2D eigenvalue weighted by Crippen LogP contribution is 2.40. The molecule has 9 heteroatoms. The van der Waals surface area contributed by atoms with E-state index in [9.17, 15) is 18.3 Å². The lowest BCUT2D eigenvalue weighted by atomic mass is 9.98. The molecule has 0 spiro atoms. The van der Waals surface area contributed by atoms with Crippen LogP contribution in [-0.2, 0) is 25.6 Å². The summed E-state index contributed by atoms with van der Waals surface area (Å²) in [5, 5.41) is 13.5. The smallest absolute Gasteiger partial charge is 0.374 e. The number of aryl methyl sites for hydroxylation is 2. The fraction of sp³-hybridized carbons (Fsp3) is 0.524. The molecule has 1 aromatic heterocycles. The number of nitrogens with zero attached hydrogens (tertiary/aromatic N) is 4. The number of guanidine groups is 1. The number of aliphatic imine (C=N–C) groups is 1. The molecular formula is C21H30F3N5O. The first kappa shape index (κ1) is 23.7. The number of aliphatic hydroxyl groups is 1. The van der Waals surface area contributed by atoms with Gasteiger partial charge in [0.25, 0.3) is 0 Å². The Labute approximate surface area is 175 Å². The van der Waals surface area contributed by atoms with Gasteiger partial charge in [-0.05, 0) is 24.5 Å². The average Bonchev–Trinajstić information content (AvgIpc) is 3.13. The zero-order valence-electron chi connectivity index (χ0n) is 17.9. The zero-order valence-corrected chi connectivity index (χ0v) is 17.9. The van der Waals surface area contributed by atoms with E-state index < -0.39 is 24.0 Å². The monoisotopic (exact) mass is 425 g/mol. The van der Waals surface area contributed by atoms with Crippen molar-refractivity contribution in [2.45, 2.75) is 45.0 Å². The zero-order chi connectivity index (χ0) is 22.4. The predicted octanol–water partition coefficient (Wildman–Crippen LogP) is 3.22. The van der Waals surface area contributed by atoms with Crippen molar-refractivity contribution in [3.63, 3.8) is 0 Å². The Morgan fingerprint density at radius 3 is 2.33 bits per heavy atom. The molecule has 0 aliphatic rings. The van der Waals surface area contributed by atoms with Gasteiger partial charge in [0.1, 0.15) is 5.82 Å². The van der Waals surface area contributed by atoms with Crippen LogP contribution < -0.4 is 5.32 Å². The number of nitrogens with one attached hydrogen (secondary N) is 1. The van der Waals surface area contributed by atoms with Gasteiger partial charge in [0.2, 0.25) is 5.60 Å². The third-order valence-electron chi connectivity index (χ3n) is 4.94. The minimum atomic E-state index is -4.87. The van der Waals surface area contributed by atoms with Gasteiger partial charge in [-0.3, -0.25) is 4.99 Å². The van der Waals surface area contributed by atoms with Gasteiger partial charge in [0.15, 0.2) is 5.96 Å². The lowest BCUT2D eigenvalue weighted by Crippen LogP contribution is -2.45. The summed E-state index contributed by atoms with van der Waals surface area (Å²) in [6.45, 7) is 4.88. The van der Waals surface area contributed by atoms with Crippen molar-refractivity contribution in [3.8, 4) is 0 Å². The van der Waals surface area contributed by atoms with E-state index in [1.54, 1.807) is 0 Å². The van der Waals surface area contributed by atoms with E-state index in [0.29, 0.717) is 19.0 Å². The quantitative estimate of drug-likeness (QED) is 0.504. The highest BCUT2D eigenvalue weighted by Gasteiger charge is 2.57. The number of alkyl halides is 3. The fourth-order valence-corrected chi connectivity index (χ4v) is 3.17. The number of benzene rings is 1. The lowest BCUT2D eigenvalue weighted by molar-refractivity contribution is -0.272. The van der Waals surface area contributed by atoms with Crippen LogP contribution in [0.5, 0.6) is 0 Å². The maximum Gasteiger partial charge on any atom is 0.424 e. The molecule has 1 unspecified atom stereocenters. The van der Waals surface area contributed by atoms with Crippen LogP contribution in [0.15, 0.2) is 41.7 Å². The van der Waals surface area contributed by atoms with Gasteiger partial charge in [-0.1, -0.05) is 31.2 Å². The molecule has 6 nitrogen and oxygen atoms in total. The SMILES string of the molecule is CCNC(=NCCC(O)(c1nccn1C)C(F)(F)F)N(C)Cc1ccc(CC)cc1. The Hall–Kier alpha value is -2.55. The third-order valence-corrected chi connectivity index (χ3v) is 4.94. The number of hydrogen-bond acceptors (Lipinski definition) is 3. The Morgan fingerprint density at radius 1 is 1.20 bits per heavy atom. The fourth-order valence-electron chi connectivity index (χ4n) is 3.17.